The van der Waals surface area contributed by atoms with Gasteiger partial charge in [-0.1, -0.05) is 13.8 Å². The first-order valence-corrected chi connectivity index (χ1v) is 7.10. The van der Waals surface area contributed by atoms with E-state index in [0.717, 1.165) is 24.5 Å². The van der Waals surface area contributed by atoms with Crippen molar-refractivity contribution in [3.63, 3.8) is 0 Å². The van der Waals surface area contributed by atoms with E-state index in [9.17, 15) is 9.50 Å². The highest BCUT2D eigenvalue weighted by atomic mass is 19.1. The Bertz CT molecular complexity index is 629. The number of phenols is 1. The van der Waals surface area contributed by atoms with Crippen LogP contribution in [0.25, 0.3) is 11.4 Å². The maximum atomic E-state index is 13.5. The van der Waals surface area contributed by atoms with Crippen LogP contribution >= 0.6 is 0 Å². The van der Waals surface area contributed by atoms with Crippen LogP contribution in [0.15, 0.2) is 24.3 Å². The molecule has 1 aromatic carbocycles. The summed E-state index contributed by atoms with van der Waals surface area (Å²) in [4.78, 5) is 8.90. The van der Waals surface area contributed by atoms with E-state index in [1.165, 1.54) is 12.1 Å². The second-order valence-corrected chi connectivity index (χ2v) is 5.36. The molecule has 2 rings (SSSR count). The van der Waals surface area contributed by atoms with E-state index >= 15 is 0 Å². The minimum atomic E-state index is -0.671. The van der Waals surface area contributed by atoms with E-state index in [1.54, 1.807) is 6.07 Å². The van der Waals surface area contributed by atoms with Crippen LogP contribution in [0.5, 0.6) is 5.75 Å². The summed E-state index contributed by atoms with van der Waals surface area (Å²) in [6.45, 7) is 6.98. The van der Waals surface area contributed by atoms with Crippen molar-refractivity contribution in [1.29, 1.82) is 0 Å². The summed E-state index contributed by atoms with van der Waals surface area (Å²) in [5.41, 5.74) is 1.47. The highest BCUT2D eigenvalue weighted by Gasteiger charge is 2.10. The van der Waals surface area contributed by atoms with Gasteiger partial charge in [0.05, 0.1) is 0 Å². The maximum Gasteiger partial charge on any atom is 0.165 e. The Morgan fingerprint density at radius 3 is 2.62 bits per heavy atom. The van der Waals surface area contributed by atoms with E-state index in [-0.39, 0.29) is 5.75 Å². The molecule has 0 aliphatic rings. The third kappa shape index (κ3) is 3.90. The lowest BCUT2D eigenvalue weighted by atomic mass is 10.1. The number of aromatic hydroxyl groups is 1. The molecular formula is C16H20FN3O. The summed E-state index contributed by atoms with van der Waals surface area (Å²) < 4.78 is 13.5. The first kappa shape index (κ1) is 15.2. The second-order valence-electron chi connectivity index (χ2n) is 5.36. The number of aromatic nitrogens is 2. The van der Waals surface area contributed by atoms with E-state index in [2.05, 4.69) is 29.1 Å². The van der Waals surface area contributed by atoms with Gasteiger partial charge < -0.3 is 10.4 Å². The van der Waals surface area contributed by atoms with Crippen molar-refractivity contribution in [2.45, 2.75) is 27.2 Å². The van der Waals surface area contributed by atoms with Gasteiger partial charge in [0.1, 0.15) is 5.82 Å². The smallest absolute Gasteiger partial charge is 0.165 e. The summed E-state index contributed by atoms with van der Waals surface area (Å²) in [5, 5.41) is 12.4. The fourth-order valence-corrected chi connectivity index (χ4v) is 2.07. The van der Waals surface area contributed by atoms with Gasteiger partial charge in [-0.05, 0) is 37.5 Å². The quantitative estimate of drug-likeness (QED) is 0.882. The Kier molecular flexibility index (Phi) is 4.73. The fourth-order valence-electron chi connectivity index (χ4n) is 2.07. The van der Waals surface area contributed by atoms with Crippen molar-refractivity contribution in [2.75, 3.05) is 11.9 Å². The summed E-state index contributed by atoms with van der Waals surface area (Å²) >= 11 is 0. The SMILES string of the molecule is CCNc1cc(CC(C)C)nc(-c2ccc(O)c(F)c2)n1. The van der Waals surface area contributed by atoms with Crippen LogP contribution in [0.2, 0.25) is 0 Å². The molecule has 1 aromatic heterocycles. The van der Waals surface area contributed by atoms with E-state index < -0.39 is 5.82 Å². The van der Waals surface area contributed by atoms with Crippen LogP contribution in [-0.4, -0.2) is 21.6 Å². The minimum Gasteiger partial charge on any atom is -0.505 e. The number of phenolic OH excluding ortho intramolecular Hbond substituents is 1. The Morgan fingerprint density at radius 2 is 2.00 bits per heavy atom. The fraction of sp³-hybridized carbons (Fsp3) is 0.375. The van der Waals surface area contributed by atoms with Crippen molar-refractivity contribution in [3.8, 4) is 17.1 Å². The highest BCUT2D eigenvalue weighted by Crippen LogP contribution is 2.24. The van der Waals surface area contributed by atoms with Gasteiger partial charge in [-0.3, -0.25) is 0 Å². The van der Waals surface area contributed by atoms with Crippen LogP contribution in [0.1, 0.15) is 26.5 Å². The maximum absolute atomic E-state index is 13.5. The molecule has 0 bridgehead atoms. The van der Waals surface area contributed by atoms with Gasteiger partial charge in [0.15, 0.2) is 17.4 Å². The monoisotopic (exact) mass is 289 g/mol. The van der Waals surface area contributed by atoms with Crippen LogP contribution in [0.3, 0.4) is 0 Å². The van der Waals surface area contributed by atoms with Crippen molar-refractivity contribution >= 4 is 5.82 Å². The number of nitrogens with zero attached hydrogens (tertiary/aromatic N) is 2. The Balaban J connectivity index is 2.45. The topological polar surface area (TPSA) is 58.0 Å². The summed E-state index contributed by atoms with van der Waals surface area (Å²) in [5.74, 6) is 0.618. The second kappa shape index (κ2) is 6.52. The molecule has 0 spiro atoms. The summed E-state index contributed by atoms with van der Waals surface area (Å²) in [6.07, 6.45) is 0.828. The zero-order valence-corrected chi connectivity index (χ0v) is 12.5. The van der Waals surface area contributed by atoms with Gasteiger partial charge in [-0.15, -0.1) is 0 Å². The number of benzene rings is 1. The molecule has 0 atom stereocenters. The van der Waals surface area contributed by atoms with Gasteiger partial charge in [0.2, 0.25) is 0 Å². The lowest BCUT2D eigenvalue weighted by Crippen LogP contribution is -2.06. The molecule has 0 saturated carbocycles. The molecule has 0 aliphatic heterocycles. The first-order chi connectivity index (χ1) is 9.99. The van der Waals surface area contributed by atoms with E-state index in [0.29, 0.717) is 17.3 Å². The summed E-state index contributed by atoms with van der Waals surface area (Å²) in [7, 11) is 0. The molecule has 0 unspecified atom stereocenters. The van der Waals surface area contributed by atoms with Crippen LogP contribution in [-0.2, 0) is 6.42 Å². The minimum absolute atomic E-state index is 0.371. The Morgan fingerprint density at radius 1 is 1.24 bits per heavy atom. The zero-order chi connectivity index (χ0) is 15.4. The average Bonchev–Trinajstić information content (AvgIpc) is 2.41. The third-order valence-electron chi connectivity index (χ3n) is 2.96. The third-order valence-corrected chi connectivity index (χ3v) is 2.96. The van der Waals surface area contributed by atoms with Crippen LogP contribution in [0, 0.1) is 11.7 Å². The molecule has 2 aromatic rings. The van der Waals surface area contributed by atoms with Crippen molar-refractivity contribution in [3.05, 3.63) is 35.8 Å². The van der Waals surface area contributed by atoms with Gasteiger partial charge >= 0.3 is 0 Å². The molecule has 4 nitrogen and oxygen atoms in total. The lowest BCUT2D eigenvalue weighted by Gasteiger charge is -2.11. The molecule has 0 saturated heterocycles. The lowest BCUT2D eigenvalue weighted by molar-refractivity contribution is 0.432. The summed E-state index contributed by atoms with van der Waals surface area (Å²) in [6, 6.07) is 6.10. The molecule has 5 heteroatoms. The van der Waals surface area contributed by atoms with Crippen LogP contribution in [0.4, 0.5) is 10.2 Å². The standard InChI is InChI=1S/C16H20FN3O/c1-4-18-15-9-12(7-10(2)3)19-16(20-15)11-5-6-14(21)13(17)8-11/h5-6,8-10,21H,4,7H2,1-3H3,(H,18,19,20). The number of hydrogen-bond donors (Lipinski definition) is 2. The van der Waals surface area contributed by atoms with Gasteiger partial charge in [-0.25, -0.2) is 14.4 Å². The number of halogens is 1. The molecule has 0 aliphatic carbocycles. The zero-order valence-electron chi connectivity index (χ0n) is 12.5. The number of anilines is 1. The number of rotatable bonds is 5. The molecule has 0 radical (unpaired) electrons. The molecule has 21 heavy (non-hydrogen) atoms. The van der Waals surface area contributed by atoms with Crippen molar-refractivity contribution < 1.29 is 9.50 Å². The molecule has 0 amide bonds. The Labute approximate surface area is 124 Å². The van der Waals surface area contributed by atoms with Crippen molar-refractivity contribution in [1.82, 2.24) is 9.97 Å². The molecule has 2 N–H and O–H groups in total. The predicted molar refractivity (Wildman–Crippen MR) is 81.8 cm³/mol. The van der Waals surface area contributed by atoms with E-state index in [4.69, 9.17) is 0 Å². The van der Waals surface area contributed by atoms with Gasteiger partial charge in [0, 0.05) is 23.9 Å². The molecular weight excluding hydrogens is 269 g/mol. The van der Waals surface area contributed by atoms with Gasteiger partial charge in [0.25, 0.3) is 0 Å². The van der Waals surface area contributed by atoms with Crippen LogP contribution < -0.4 is 5.32 Å². The van der Waals surface area contributed by atoms with Crippen molar-refractivity contribution in [2.24, 2.45) is 5.92 Å². The van der Waals surface area contributed by atoms with Gasteiger partial charge in [-0.2, -0.15) is 0 Å². The molecule has 112 valence electrons. The first-order valence-electron chi connectivity index (χ1n) is 7.10. The normalized spacial score (nSPS) is 10.9. The number of hydrogen-bond acceptors (Lipinski definition) is 4. The molecule has 0 fully saturated rings. The largest absolute Gasteiger partial charge is 0.505 e. The highest BCUT2D eigenvalue weighted by molar-refractivity contribution is 5.59. The van der Waals surface area contributed by atoms with E-state index in [1.807, 2.05) is 13.0 Å². The predicted octanol–water partition coefficient (Wildman–Crippen LogP) is 3.62. The Hall–Kier alpha value is -2.17. The average molecular weight is 289 g/mol. The molecule has 1 heterocycles. The number of nitrogens with one attached hydrogen (secondary N) is 1.